The van der Waals surface area contributed by atoms with E-state index in [2.05, 4.69) is 15.2 Å². The van der Waals surface area contributed by atoms with Gasteiger partial charge < -0.3 is 20.3 Å². The van der Waals surface area contributed by atoms with Gasteiger partial charge in [0.25, 0.3) is 0 Å². The molecule has 7 heteroatoms. The molecule has 1 unspecified atom stereocenters. The summed E-state index contributed by atoms with van der Waals surface area (Å²) in [5, 5.41) is 14.0. The number of anilines is 1. The summed E-state index contributed by atoms with van der Waals surface area (Å²) < 4.78 is 0. The highest BCUT2D eigenvalue weighted by molar-refractivity contribution is 6.30. The van der Waals surface area contributed by atoms with Gasteiger partial charge in [-0.15, -0.1) is 0 Å². The van der Waals surface area contributed by atoms with Crippen molar-refractivity contribution in [3.05, 3.63) is 100 Å². The molecule has 1 amide bonds. The smallest absolute Gasteiger partial charge is 0.307 e. The SMILES string of the molecule is O=C(O)Cc1c[nH]c2ccc(CC(=O)NC(c3ccccc3)c3ccc(Cl)cc3N3CCCC3)cc12. The molecule has 0 aliphatic carbocycles. The number of carboxylic acids is 1. The van der Waals surface area contributed by atoms with Crippen LogP contribution in [-0.2, 0) is 22.4 Å². The molecular weight excluding hydrogens is 474 g/mol. The topological polar surface area (TPSA) is 85.4 Å². The van der Waals surface area contributed by atoms with Crippen molar-refractivity contribution in [3.8, 4) is 0 Å². The van der Waals surface area contributed by atoms with Crippen molar-refractivity contribution in [2.75, 3.05) is 18.0 Å². The summed E-state index contributed by atoms with van der Waals surface area (Å²) in [6, 6.07) is 21.2. The van der Waals surface area contributed by atoms with Gasteiger partial charge in [0, 0.05) is 46.5 Å². The summed E-state index contributed by atoms with van der Waals surface area (Å²) in [5.41, 5.74) is 5.46. The van der Waals surface area contributed by atoms with Gasteiger partial charge in [-0.05, 0) is 53.8 Å². The molecule has 1 fully saturated rings. The van der Waals surface area contributed by atoms with Crippen LogP contribution in [0.15, 0.2) is 72.9 Å². The monoisotopic (exact) mass is 501 g/mol. The van der Waals surface area contributed by atoms with Gasteiger partial charge in [-0.1, -0.05) is 54.1 Å². The molecule has 0 saturated carbocycles. The molecule has 2 heterocycles. The van der Waals surface area contributed by atoms with Crippen molar-refractivity contribution in [1.82, 2.24) is 10.3 Å². The highest BCUT2D eigenvalue weighted by Crippen LogP contribution is 2.35. The number of nitrogens with zero attached hydrogens (tertiary/aromatic N) is 1. The second-order valence-electron chi connectivity index (χ2n) is 9.25. The minimum Gasteiger partial charge on any atom is -0.481 e. The van der Waals surface area contributed by atoms with Crippen LogP contribution in [0.1, 0.15) is 41.1 Å². The number of benzene rings is 3. The second kappa shape index (κ2) is 10.5. The van der Waals surface area contributed by atoms with Crippen LogP contribution in [0.25, 0.3) is 10.9 Å². The van der Waals surface area contributed by atoms with Gasteiger partial charge in [-0.25, -0.2) is 0 Å². The number of H-pyrrole nitrogens is 1. The van der Waals surface area contributed by atoms with Crippen LogP contribution in [0.2, 0.25) is 5.02 Å². The van der Waals surface area contributed by atoms with E-state index in [1.54, 1.807) is 6.20 Å². The van der Waals surface area contributed by atoms with E-state index < -0.39 is 5.97 Å². The molecule has 1 aliphatic rings. The summed E-state index contributed by atoms with van der Waals surface area (Å²) in [7, 11) is 0. The van der Waals surface area contributed by atoms with Crippen LogP contribution in [0, 0.1) is 0 Å². The first-order valence-corrected chi connectivity index (χ1v) is 12.5. The number of carboxylic acid groups (broad SMARTS) is 1. The second-order valence-corrected chi connectivity index (χ2v) is 9.69. The lowest BCUT2D eigenvalue weighted by molar-refractivity contribution is -0.136. The molecule has 1 aromatic heterocycles. The average Bonchev–Trinajstić information content (AvgIpc) is 3.54. The summed E-state index contributed by atoms with van der Waals surface area (Å²) >= 11 is 6.39. The van der Waals surface area contributed by atoms with E-state index in [0.717, 1.165) is 59.2 Å². The maximum atomic E-state index is 13.4. The molecule has 1 saturated heterocycles. The number of hydrogen-bond donors (Lipinski definition) is 3. The Morgan fingerprint density at radius 1 is 1.00 bits per heavy atom. The van der Waals surface area contributed by atoms with E-state index in [1.165, 1.54) is 0 Å². The van der Waals surface area contributed by atoms with Gasteiger partial charge in [0.05, 0.1) is 18.9 Å². The number of hydrogen-bond acceptors (Lipinski definition) is 3. The number of nitrogens with one attached hydrogen (secondary N) is 2. The number of carbonyl (C=O) groups excluding carboxylic acids is 1. The molecule has 6 nitrogen and oxygen atoms in total. The first-order chi connectivity index (χ1) is 17.5. The maximum Gasteiger partial charge on any atom is 0.307 e. The number of halogens is 1. The zero-order valence-corrected chi connectivity index (χ0v) is 20.6. The van der Waals surface area contributed by atoms with E-state index in [9.17, 15) is 14.7 Å². The summed E-state index contributed by atoms with van der Waals surface area (Å²) in [6.45, 7) is 1.94. The van der Waals surface area contributed by atoms with Crippen LogP contribution in [0.5, 0.6) is 0 Å². The number of aromatic nitrogens is 1. The van der Waals surface area contributed by atoms with Crippen molar-refractivity contribution in [3.63, 3.8) is 0 Å². The van der Waals surface area contributed by atoms with Crippen LogP contribution in [0.3, 0.4) is 0 Å². The molecule has 36 heavy (non-hydrogen) atoms. The Bertz CT molecular complexity index is 1390. The van der Waals surface area contributed by atoms with Crippen molar-refractivity contribution in [2.45, 2.75) is 31.7 Å². The number of carbonyl (C=O) groups is 2. The Morgan fingerprint density at radius 3 is 2.53 bits per heavy atom. The molecule has 4 aromatic rings. The lowest BCUT2D eigenvalue weighted by atomic mass is 9.96. The predicted molar refractivity (Wildman–Crippen MR) is 143 cm³/mol. The molecule has 1 atom stereocenters. The summed E-state index contributed by atoms with van der Waals surface area (Å²) in [5.74, 6) is -0.998. The molecule has 0 bridgehead atoms. The number of fused-ring (bicyclic) bond motifs is 1. The number of rotatable bonds is 8. The van der Waals surface area contributed by atoms with E-state index in [-0.39, 0.29) is 24.8 Å². The van der Waals surface area contributed by atoms with Gasteiger partial charge in [0.1, 0.15) is 0 Å². The summed E-state index contributed by atoms with van der Waals surface area (Å²) in [6.07, 6.45) is 4.11. The third-order valence-corrected chi connectivity index (χ3v) is 6.96. The van der Waals surface area contributed by atoms with Gasteiger partial charge in [-0.3, -0.25) is 9.59 Å². The third kappa shape index (κ3) is 5.24. The van der Waals surface area contributed by atoms with Crippen molar-refractivity contribution < 1.29 is 14.7 Å². The highest BCUT2D eigenvalue weighted by atomic mass is 35.5. The Morgan fingerprint density at radius 2 is 1.78 bits per heavy atom. The standard InChI is InChI=1S/C29H28ClN3O3/c30-22-9-10-23(26(17-22)33-12-4-5-13-33)29(20-6-2-1-3-7-20)32-27(34)15-19-8-11-25-24(14-19)21(18-31-25)16-28(35)36/h1-3,6-11,14,17-18,29,31H,4-5,12-13,15-16H2,(H,32,34)(H,35,36). The minimum absolute atomic E-state index is 0.0679. The van der Waals surface area contributed by atoms with Crippen LogP contribution in [-0.4, -0.2) is 35.1 Å². The molecule has 0 radical (unpaired) electrons. The van der Waals surface area contributed by atoms with Gasteiger partial charge in [0.2, 0.25) is 5.91 Å². The zero-order chi connectivity index (χ0) is 25.1. The molecule has 184 valence electrons. The maximum absolute atomic E-state index is 13.4. The van der Waals surface area contributed by atoms with Crippen LogP contribution in [0.4, 0.5) is 5.69 Å². The fourth-order valence-corrected chi connectivity index (χ4v) is 5.19. The lowest BCUT2D eigenvalue weighted by Gasteiger charge is -2.27. The normalized spacial score (nSPS) is 14.2. The molecular formula is C29H28ClN3O3. The predicted octanol–water partition coefficient (Wildman–Crippen LogP) is 5.50. The van der Waals surface area contributed by atoms with Crippen molar-refractivity contribution in [1.29, 1.82) is 0 Å². The fraction of sp³-hybridized carbons (Fsp3) is 0.241. The van der Waals surface area contributed by atoms with Crippen LogP contribution >= 0.6 is 11.6 Å². The van der Waals surface area contributed by atoms with Crippen molar-refractivity contribution in [2.24, 2.45) is 0 Å². The third-order valence-electron chi connectivity index (χ3n) is 6.73. The van der Waals surface area contributed by atoms with E-state index in [4.69, 9.17) is 11.6 Å². The molecule has 0 spiro atoms. The van der Waals surface area contributed by atoms with Crippen molar-refractivity contribution >= 4 is 40.1 Å². The largest absolute Gasteiger partial charge is 0.481 e. The average molecular weight is 502 g/mol. The number of aromatic amines is 1. The van der Waals surface area contributed by atoms with E-state index in [1.807, 2.05) is 66.7 Å². The van der Waals surface area contributed by atoms with E-state index in [0.29, 0.717) is 10.6 Å². The quantitative estimate of drug-likeness (QED) is 0.298. The number of aliphatic carboxylic acids is 1. The van der Waals surface area contributed by atoms with Gasteiger partial charge >= 0.3 is 5.97 Å². The Hall–Kier alpha value is -3.77. The van der Waals surface area contributed by atoms with Gasteiger partial charge in [0.15, 0.2) is 0 Å². The fourth-order valence-electron chi connectivity index (χ4n) is 5.02. The lowest BCUT2D eigenvalue weighted by Crippen LogP contribution is -2.32. The Kier molecular flexibility index (Phi) is 6.96. The zero-order valence-electron chi connectivity index (χ0n) is 19.8. The van der Waals surface area contributed by atoms with E-state index >= 15 is 0 Å². The molecule has 1 aliphatic heterocycles. The molecule has 3 N–H and O–H groups in total. The number of amides is 1. The Balaban J connectivity index is 1.44. The first-order valence-electron chi connectivity index (χ1n) is 12.2. The van der Waals surface area contributed by atoms with Crippen LogP contribution < -0.4 is 10.2 Å². The summed E-state index contributed by atoms with van der Waals surface area (Å²) in [4.78, 5) is 30.0. The Labute approximate surface area is 214 Å². The highest BCUT2D eigenvalue weighted by Gasteiger charge is 2.24. The molecule has 5 rings (SSSR count). The molecule has 3 aromatic carbocycles. The van der Waals surface area contributed by atoms with Gasteiger partial charge in [-0.2, -0.15) is 0 Å². The first kappa shape index (κ1) is 23.9. The minimum atomic E-state index is -0.887.